The molecule has 1 fully saturated rings. The molecule has 0 bridgehead atoms. The molecule has 2 N–H and O–H groups in total. The number of amides is 1. The highest BCUT2D eigenvalue weighted by atomic mass is 16.5. The van der Waals surface area contributed by atoms with E-state index in [-0.39, 0.29) is 18.6 Å². The van der Waals surface area contributed by atoms with Gasteiger partial charge in [0.25, 0.3) is 0 Å². The van der Waals surface area contributed by atoms with Gasteiger partial charge in [-0.1, -0.05) is 25.7 Å². The molecule has 0 aromatic heterocycles. The first-order valence-electron chi connectivity index (χ1n) is 6.65. The molecule has 17 heavy (non-hydrogen) atoms. The van der Waals surface area contributed by atoms with E-state index in [1.54, 1.807) is 7.11 Å². The van der Waals surface area contributed by atoms with E-state index in [9.17, 15) is 4.79 Å². The molecule has 0 aromatic rings. The summed E-state index contributed by atoms with van der Waals surface area (Å²) in [5, 5.41) is 11.8. The molecule has 0 heterocycles. The second-order valence-corrected chi connectivity index (χ2v) is 4.92. The Labute approximate surface area is 104 Å². The minimum Gasteiger partial charge on any atom is -0.396 e. The van der Waals surface area contributed by atoms with Crippen LogP contribution in [0.1, 0.15) is 44.9 Å². The van der Waals surface area contributed by atoms with Crippen LogP contribution >= 0.6 is 0 Å². The fourth-order valence-electron chi connectivity index (χ4n) is 2.49. The van der Waals surface area contributed by atoms with Crippen LogP contribution in [0.15, 0.2) is 0 Å². The molecule has 0 aliphatic heterocycles. The first kappa shape index (κ1) is 14.5. The maximum atomic E-state index is 11.7. The van der Waals surface area contributed by atoms with Gasteiger partial charge < -0.3 is 15.2 Å². The van der Waals surface area contributed by atoms with Crippen molar-refractivity contribution in [1.82, 2.24) is 5.32 Å². The molecule has 1 unspecified atom stereocenters. The molecule has 4 nitrogen and oxygen atoms in total. The highest BCUT2D eigenvalue weighted by Gasteiger charge is 2.17. The lowest BCUT2D eigenvalue weighted by molar-refractivity contribution is -0.122. The van der Waals surface area contributed by atoms with Gasteiger partial charge in [0.2, 0.25) is 5.91 Å². The molecule has 0 radical (unpaired) electrons. The summed E-state index contributed by atoms with van der Waals surface area (Å²) in [7, 11) is 1.61. The molecule has 1 aliphatic carbocycles. The Morgan fingerprint density at radius 3 is 2.76 bits per heavy atom. The van der Waals surface area contributed by atoms with E-state index in [2.05, 4.69) is 5.32 Å². The van der Waals surface area contributed by atoms with Crippen LogP contribution in [0.5, 0.6) is 0 Å². The number of hydrogen-bond donors (Lipinski definition) is 2. The quantitative estimate of drug-likeness (QED) is 0.678. The fourth-order valence-corrected chi connectivity index (χ4v) is 2.49. The number of ether oxygens (including phenoxy) is 1. The van der Waals surface area contributed by atoms with Gasteiger partial charge in [0.1, 0.15) is 0 Å². The van der Waals surface area contributed by atoms with Crippen LogP contribution in [-0.4, -0.2) is 37.4 Å². The number of carbonyl (C=O) groups excluding carboxylic acids is 1. The molecule has 1 aliphatic rings. The van der Waals surface area contributed by atoms with E-state index in [0.29, 0.717) is 19.4 Å². The summed E-state index contributed by atoms with van der Waals surface area (Å²) in [5.41, 5.74) is 0. The average Bonchev–Trinajstić information content (AvgIpc) is 2.80. The third-order valence-electron chi connectivity index (χ3n) is 3.46. The molecule has 1 amide bonds. The normalized spacial score (nSPS) is 18.2. The Balaban J connectivity index is 2.16. The number of aliphatic hydroxyl groups is 1. The summed E-state index contributed by atoms with van der Waals surface area (Å²) < 4.78 is 5.01. The fraction of sp³-hybridized carbons (Fsp3) is 0.923. The molecule has 0 saturated heterocycles. The Morgan fingerprint density at radius 1 is 1.47 bits per heavy atom. The molecule has 1 atom stereocenters. The van der Waals surface area contributed by atoms with Crippen LogP contribution in [0.25, 0.3) is 0 Å². The summed E-state index contributed by atoms with van der Waals surface area (Å²) in [6, 6.07) is -0.0546. The standard InChI is InChI=1S/C13H25NO3/c1-17-10-12(8-9-15)14-13(16)7-6-11-4-2-3-5-11/h11-12,15H,2-10H2,1H3,(H,14,16). The van der Waals surface area contributed by atoms with Crippen molar-refractivity contribution in [3.05, 3.63) is 0 Å². The lowest BCUT2D eigenvalue weighted by Gasteiger charge is -2.17. The van der Waals surface area contributed by atoms with Gasteiger partial charge >= 0.3 is 0 Å². The van der Waals surface area contributed by atoms with Crippen LogP contribution in [-0.2, 0) is 9.53 Å². The zero-order chi connectivity index (χ0) is 12.5. The summed E-state index contributed by atoms with van der Waals surface area (Å²) in [6.07, 6.45) is 7.38. The first-order valence-corrected chi connectivity index (χ1v) is 6.65. The van der Waals surface area contributed by atoms with Crippen molar-refractivity contribution in [2.24, 2.45) is 5.92 Å². The van der Waals surface area contributed by atoms with Gasteiger partial charge in [-0.05, 0) is 18.8 Å². The number of methoxy groups -OCH3 is 1. The van der Waals surface area contributed by atoms with Gasteiger partial charge in [0.15, 0.2) is 0 Å². The molecule has 1 rings (SSSR count). The highest BCUT2D eigenvalue weighted by molar-refractivity contribution is 5.76. The van der Waals surface area contributed by atoms with Crippen LogP contribution < -0.4 is 5.32 Å². The minimum absolute atomic E-state index is 0.0546. The van der Waals surface area contributed by atoms with E-state index in [4.69, 9.17) is 9.84 Å². The van der Waals surface area contributed by atoms with Crippen molar-refractivity contribution in [2.75, 3.05) is 20.3 Å². The van der Waals surface area contributed by atoms with Crippen molar-refractivity contribution in [3.8, 4) is 0 Å². The molecule has 4 heteroatoms. The van der Waals surface area contributed by atoms with Gasteiger partial charge in [0, 0.05) is 20.1 Å². The smallest absolute Gasteiger partial charge is 0.220 e. The Bertz CT molecular complexity index is 209. The number of nitrogens with one attached hydrogen (secondary N) is 1. The largest absolute Gasteiger partial charge is 0.396 e. The van der Waals surface area contributed by atoms with Crippen molar-refractivity contribution in [3.63, 3.8) is 0 Å². The molecular weight excluding hydrogens is 218 g/mol. The molecule has 100 valence electrons. The topological polar surface area (TPSA) is 58.6 Å². The Morgan fingerprint density at radius 2 is 2.18 bits per heavy atom. The van der Waals surface area contributed by atoms with Gasteiger partial charge in [-0.2, -0.15) is 0 Å². The Kier molecular flexibility index (Phi) is 7.21. The third-order valence-corrected chi connectivity index (χ3v) is 3.46. The number of hydrogen-bond acceptors (Lipinski definition) is 3. The van der Waals surface area contributed by atoms with E-state index >= 15 is 0 Å². The van der Waals surface area contributed by atoms with Crippen LogP contribution in [0, 0.1) is 5.92 Å². The SMILES string of the molecule is COCC(CCO)NC(=O)CCC1CCCC1. The van der Waals surface area contributed by atoms with Crippen LogP contribution in [0.3, 0.4) is 0 Å². The zero-order valence-corrected chi connectivity index (χ0v) is 10.8. The monoisotopic (exact) mass is 243 g/mol. The molecular formula is C13H25NO3. The molecule has 1 saturated carbocycles. The van der Waals surface area contributed by atoms with Crippen molar-refractivity contribution in [2.45, 2.75) is 51.0 Å². The zero-order valence-electron chi connectivity index (χ0n) is 10.8. The summed E-state index contributed by atoms with van der Waals surface area (Å²) in [6.45, 7) is 0.548. The number of carbonyl (C=O) groups is 1. The summed E-state index contributed by atoms with van der Waals surface area (Å²) in [5.74, 6) is 0.840. The lowest BCUT2D eigenvalue weighted by atomic mass is 10.0. The van der Waals surface area contributed by atoms with E-state index < -0.39 is 0 Å². The number of aliphatic hydroxyl groups excluding tert-OH is 1. The van der Waals surface area contributed by atoms with Crippen molar-refractivity contribution >= 4 is 5.91 Å². The summed E-state index contributed by atoms with van der Waals surface area (Å²) in [4.78, 5) is 11.7. The van der Waals surface area contributed by atoms with E-state index in [1.807, 2.05) is 0 Å². The van der Waals surface area contributed by atoms with Gasteiger partial charge in [-0.3, -0.25) is 4.79 Å². The van der Waals surface area contributed by atoms with Gasteiger partial charge in [-0.15, -0.1) is 0 Å². The van der Waals surface area contributed by atoms with E-state index in [0.717, 1.165) is 12.3 Å². The average molecular weight is 243 g/mol. The van der Waals surface area contributed by atoms with Crippen molar-refractivity contribution in [1.29, 1.82) is 0 Å². The maximum absolute atomic E-state index is 11.7. The first-order chi connectivity index (χ1) is 8.26. The summed E-state index contributed by atoms with van der Waals surface area (Å²) >= 11 is 0. The molecule has 0 aromatic carbocycles. The molecule has 0 spiro atoms. The number of rotatable bonds is 8. The lowest BCUT2D eigenvalue weighted by Crippen LogP contribution is -2.38. The second-order valence-electron chi connectivity index (χ2n) is 4.92. The third kappa shape index (κ3) is 6.03. The second kappa shape index (κ2) is 8.48. The predicted molar refractivity (Wildman–Crippen MR) is 66.7 cm³/mol. The Hall–Kier alpha value is -0.610. The van der Waals surface area contributed by atoms with Gasteiger partial charge in [-0.25, -0.2) is 0 Å². The van der Waals surface area contributed by atoms with Crippen molar-refractivity contribution < 1.29 is 14.6 Å². The van der Waals surface area contributed by atoms with Crippen LogP contribution in [0.2, 0.25) is 0 Å². The highest BCUT2D eigenvalue weighted by Crippen LogP contribution is 2.28. The minimum atomic E-state index is -0.0546. The van der Waals surface area contributed by atoms with E-state index in [1.165, 1.54) is 25.7 Å². The predicted octanol–water partition coefficient (Wildman–Crippen LogP) is 1.47. The van der Waals surface area contributed by atoms with Gasteiger partial charge in [0.05, 0.1) is 12.6 Å². The maximum Gasteiger partial charge on any atom is 0.220 e. The van der Waals surface area contributed by atoms with Crippen LogP contribution in [0.4, 0.5) is 0 Å².